The van der Waals surface area contributed by atoms with Crippen LogP contribution < -0.4 is 14.8 Å². The van der Waals surface area contributed by atoms with E-state index in [4.69, 9.17) is 14.5 Å². The maximum absolute atomic E-state index is 12.3. The molecule has 2 heterocycles. The molecule has 0 radical (unpaired) electrons. The van der Waals surface area contributed by atoms with Crippen molar-refractivity contribution >= 4 is 39.2 Å². The van der Waals surface area contributed by atoms with Crippen molar-refractivity contribution in [2.75, 3.05) is 12.1 Å². The van der Waals surface area contributed by atoms with Gasteiger partial charge in [0.05, 0.1) is 10.2 Å². The Bertz CT molecular complexity index is 1280. The lowest BCUT2D eigenvalue weighted by Crippen LogP contribution is -2.07. The number of aromatic nitrogens is 1. The SMILES string of the molecule is Cc1ccc2nc(-c3ccc(NC(=O)/C=C/c4ccc5c(c4)OCO5)cc3)sc2c1. The zero-order valence-electron chi connectivity index (χ0n) is 16.2. The van der Waals surface area contributed by atoms with Gasteiger partial charge in [-0.3, -0.25) is 4.79 Å². The third-order valence-corrected chi connectivity index (χ3v) is 5.83. The molecule has 1 aliphatic rings. The van der Waals surface area contributed by atoms with E-state index in [1.807, 2.05) is 48.5 Å². The van der Waals surface area contributed by atoms with Gasteiger partial charge in [-0.25, -0.2) is 4.98 Å². The van der Waals surface area contributed by atoms with Crippen molar-refractivity contribution in [3.63, 3.8) is 0 Å². The summed E-state index contributed by atoms with van der Waals surface area (Å²) in [5.41, 5.74) is 4.87. The van der Waals surface area contributed by atoms with Crippen LogP contribution in [-0.4, -0.2) is 17.7 Å². The average molecular weight is 414 g/mol. The van der Waals surface area contributed by atoms with Crippen LogP contribution in [0, 0.1) is 6.92 Å². The average Bonchev–Trinajstić information content (AvgIpc) is 3.38. The number of rotatable bonds is 4. The van der Waals surface area contributed by atoms with Gasteiger partial charge in [-0.1, -0.05) is 12.1 Å². The molecular formula is C24H18N2O3S. The molecule has 3 aromatic carbocycles. The van der Waals surface area contributed by atoms with Gasteiger partial charge >= 0.3 is 0 Å². The van der Waals surface area contributed by atoms with Crippen molar-refractivity contribution in [3.05, 3.63) is 77.9 Å². The quantitative estimate of drug-likeness (QED) is 0.438. The van der Waals surface area contributed by atoms with Crippen LogP contribution in [-0.2, 0) is 4.79 Å². The fourth-order valence-corrected chi connectivity index (χ4v) is 4.29. The first-order chi connectivity index (χ1) is 14.6. The normalized spacial score (nSPS) is 12.6. The Morgan fingerprint density at radius 2 is 1.87 bits per heavy atom. The molecule has 4 aromatic rings. The van der Waals surface area contributed by atoms with Gasteiger partial charge < -0.3 is 14.8 Å². The zero-order valence-corrected chi connectivity index (χ0v) is 17.0. The number of carbonyl (C=O) groups excluding carboxylic acids is 1. The molecular weight excluding hydrogens is 396 g/mol. The van der Waals surface area contributed by atoms with Gasteiger partial charge in [0.15, 0.2) is 11.5 Å². The number of benzene rings is 3. The Morgan fingerprint density at radius 3 is 2.73 bits per heavy atom. The minimum absolute atomic E-state index is 0.198. The molecule has 0 saturated heterocycles. The molecule has 1 aromatic heterocycles. The Morgan fingerprint density at radius 1 is 1.03 bits per heavy atom. The highest BCUT2D eigenvalue weighted by Gasteiger charge is 2.12. The number of nitrogens with one attached hydrogen (secondary N) is 1. The molecule has 5 rings (SSSR count). The van der Waals surface area contributed by atoms with Gasteiger partial charge in [0, 0.05) is 17.3 Å². The number of amides is 1. The summed E-state index contributed by atoms with van der Waals surface area (Å²) in [6.45, 7) is 2.31. The first kappa shape index (κ1) is 18.4. The Hall–Kier alpha value is -3.64. The molecule has 0 atom stereocenters. The first-order valence-electron chi connectivity index (χ1n) is 9.50. The smallest absolute Gasteiger partial charge is 0.248 e. The van der Waals surface area contributed by atoms with E-state index in [9.17, 15) is 4.79 Å². The standard InChI is InChI=1S/C24H18N2O3S/c1-15-2-9-19-22(12-15)30-24(26-19)17-5-7-18(8-6-17)25-23(27)11-4-16-3-10-20-21(13-16)29-14-28-20/h2-13H,14H2,1H3,(H,25,27)/b11-4+. The Balaban J connectivity index is 1.26. The number of fused-ring (bicyclic) bond motifs is 2. The highest BCUT2D eigenvalue weighted by atomic mass is 32.1. The summed E-state index contributed by atoms with van der Waals surface area (Å²) in [7, 11) is 0. The van der Waals surface area contributed by atoms with Crippen molar-refractivity contribution in [1.82, 2.24) is 4.98 Å². The predicted molar refractivity (Wildman–Crippen MR) is 120 cm³/mol. The summed E-state index contributed by atoms with van der Waals surface area (Å²) >= 11 is 1.67. The Kier molecular flexibility index (Phi) is 4.69. The third-order valence-electron chi connectivity index (χ3n) is 4.77. The molecule has 0 aliphatic carbocycles. The molecule has 1 aliphatic heterocycles. The monoisotopic (exact) mass is 414 g/mol. The minimum Gasteiger partial charge on any atom is -0.454 e. The Labute approximate surface area is 177 Å². The molecule has 0 bridgehead atoms. The zero-order chi connectivity index (χ0) is 20.5. The number of nitrogens with zero attached hydrogens (tertiary/aromatic N) is 1. The van der Waals surface area contributed by atoms with Crippen molar-refractivity contribution in [1.29, 1.82) is 0 Å². The number of ether oxygens (including phenoxy) is 2. The summed E-state index contributed by atoms with van der Waals surface area (Å²) < 4.78 is 11.8. The maximum Gasteiger partial charge on any atom is 0.248 e. The van der Waals surface area contributed by atoms with Crippen molar-refractivity contribution in [3.8, 4) is 22.1 Å². The highest BCUT2D eigenvalue weighted by molar-refractivity contribution is 7.21. The van der Waals surface area contributed by atoms with E-state index in [0.717, 1.165) is 33.1 Å². The second-order valence-electron chi connectivity index (χ2n) is 7.00. The molecule has 0 fully saturated rings. The molecule has 6 heteroatoms. The summed E-state index contributed by atoms with van der Waals surface area (Å²) in [6.07, 6.45) is 3.25. The number of carbonyl (C=O) groups is 1. The molecule has 0 spiro atoms. The number of thiazole rings is 1. The highest BCUT2D eigenvalue weighted by Crippen LogP contribution is 2.33. The van der Waals surface area contributed by atoms with E-state index in [1.54, 1.807) is 17.4 Å². The topological polar surface area (TPSA) is 60.5 Å². The fourth-order valence-electron chi connectivity index (χ4n) is 3.22. The van der Waals surface area contributed by atoms with Crippen LogP contribution in [0.5, 0.6) is 11.5 Å². The van der Waals surface area contributed by atoms with E-state index >= 15 is 0 Å². The summed E-state index contributed by atoms with van der Waals surface area (Å²) in [6, 6.07) is 19.6. The van der Waals surface area contributed by atoms with Crippen LogP contribution in [0.1, 0.15) is 11.1 Å². The molecule has 0 unspecified atom stereocenters. The van der Waals surface area contributed by atoms with Crippen LogP contribution in [0.3, 0.4) is 0 Å². The number of hydrogen-bond acceptors (Lipinski definition) is 5. The first-order valence-corrected chi connectivity index (χ1v) is 10.3. The molecule has 148 valence electrons. The van der Waals surface area contributed by atoms with Crippen LogP contribution in [0.4, 0.5) is 5.69 Å². The van der Waals surface area contributed by atoms with E-state index < -0.39 is 0 Å². The number of hydrogen-bond donors (Lipinski definition) is 1. The largest absolute Gasteiger partial charge is 0.454 e. The van der Waals surface area contributed by atoms with Crippen molar-refractivity contribution < 1.29 is 14.3 Å². The van der Waals surface area contributed by atoms with Crippen molar-refractivity contribution in [2.24, 2.45) is 0 Å². The van der Waals surface area contributed by atoms with Gasteiger partial charge in [-0.15, -0.1) is 11.3 Å². The molecule has 1 N–H and O–H groups in total. The number of anilines is 1. The van der Waals surface area contributed by atoms with Crippen LogP contribution in [0.25, 0.3) is 26.9 Å². The van der Waals surface area contributed by atoms with E-state index in [2.05, 4.69) is 24.4 Å². The fraction of sp³-hybridized carbons (Fsp3) is 0.0833. The molecule has 0 saturated carbocycles. The van der Waals surface area contributed by atoms with Gasteiger partial charge in [0.1, 0.15) is 5.01 Å². The van der Waals surface area contributed by atoms with Crippen molar-refractivity contribution in [2.45, 2.75) is 6.92 Å². The second kappa shape index (κ2) is 7.65. The number of aryl methyl sites for hydroxylation is 1. The third kappa shape index (κ3) is 3.77. The van der Waals surface area contributed by atoms with Gasteiger partial charge in [-0.05, 0) is 72.7 Å². The predicted octanol–water partition coefficient (Wildman–Crippen LogP) is 5.65. The lowest BCUT2D eigenvalue weighted by molar-refractivity contribution is -0.111. The summed E-state index contributed by atoms with van der Waals surface area (Å²) in [4.78, 5) is 17.0. The molecule has 30 heavy (non-hydrogen) atoms. The maximum atomic E-state index is 12.3. The van der Waals surface area contributed by atoms with E-state index in [0.29, 0.717) is 5.75 Å². The van der Waals surface area contributed by atoms with E-state index in [-0.39, 0.29) is 12.7 Å². The molecule has 5 nitrogen and oxygen atoms in total. The van der Waals surface area contributed by atoms with Crippen LogP contribution >= 0.6 is 11.3 Å². The van der Waals surface area contributed by atoms with Gasteiger partial charge in [0.25, 0.3) is 0 Å². The minimum atomic E-state index is -0.198. The van der Waals surface area contributed by atoms with Crippen LogP contribution in [0.15, 0.2) is 66.7 Å². The summed E-state index contributed by atoms with van der Waals surface area (Å²) in [5.74, 6) is 1.22. The lowest BCUT2D eigenvalue weighted by atomic mass is 10.2. The van der Waals surface area contributed by atoms with Gasteiger partial charge in [-0.2, -0.15) is 0 Å². The molecule has 1 amide bonds. The summed E-state index contributed by atoms with van der Waals surface area (Å²) in [5, 5.41) is 3.85. The van der Waals surface area contributed by atoms with E-state index in [1.165, 1.54) is 16.3 Å². The van der Waals surface area contributed by atoms with Crippen LogP contribution in [0.2, 0.25) is 0 Å². The van der Waals surface area contributed by atoms with Gasteiger partial charge in [0.2, 0.25) is 12.7 Å². The second-order valence-corrected chi connectivity index (χ2v) is 8.03. The lowest BCUT2D eigenvalue weighted by Gasteiger charge is -2.03.